The number of esters is 2. The molecule has 0 amide bonds. The summed E-state index contributed by atoms with van der Waals surface area (Å²) in [6.45, 7) is 2.44. The Kier molecular flexibility index (Phi) is 9.50. The van der Waals surface area contributed by atoms with Gasteiger partial charge < -0.3 is 23.7 Å². The van der Waals surface area contributed by atoms with E-state index in [9.17, 15) is 9.59 Å². The zero-order chi connectivity index (χ0) is 22.4. The van der Waals surface area contributed by atoms with E-state index in [0.717, 1.165) is 36.7 Å². The first-order valence-corrected chi connectivity index (χ1v) is 10.4. The predicted octanol–water partition coefficient (Wildman–Crippen LogP) is 4.22. The lowest BCUT2D eigenvalue weighted by molar-refractivity contribution is 0.0484. The van der Waals surface area contributed by atoms with E-state index in [1.807, 2.05) is 38.0 Å². The lowest BCUT2D eigenvalue weighted by Gasteiger charge is -2.09. The molecule has 7 nitrogen and oxygen atoms in total. The summed E-state index contributed by atoms with van der Waals surface area (Å²) in [6.07, 6.45) is 1.55. The van der Waals surface area contributed by atoms with Gasteiger partial charge in [0.15, 0.2) is 0 Å². The molecule has 0 bridgehead atoms. The van der Waals surface area contributed by atoms with Gasteiger partial charge in [0.05, 0.1) is 24.3 Å². The van der Waals surface area contributed by atoms with Crippen LogP contribution in [-0.4, -0.2) is 76.2 Å². The Morgan fingerprint density at radius 1 is 0.750 bits per heavy atom. The molecule has 0 N–H and O–H groups in total. The number of hydrogen-bond donors (Lipinski definition) is 0. The molecular formula is C24H31ClN2O5. The number of ether oxygens (including phenoxy) is 2. The second-order valence-electron chi connectivity index (χ2n) is 8.11. The molecule has 0 spiro atoms. The van der Waals surface area contributed by atoms with Gasteiger partial charge in [0.25, 0.3) is 0 Å². The predicted molar refractivity (Wildman–Crippen MR) is 128 cm³/mol. The van der Waals surface area contributed by atoms with Crippen LogP contribution in [0.25, 0.3) is 21.9 Å². The van der Waals surface area contributed by atoms with Gasteiger partial charge in [-0.25, -0.2) is 9.59 Å². The minimum absolute atomic E-state index is 0. The number of fused-ring (bicyclic) bond motifs is 3. The smallest absolute Gasteiger partial charge is 0.338 e. The Hall–Kier alpha value is -2.61. The molecule has 0 fully saturated rings. The van der Waals surface area contributed by atoms with Crippen LogP contribution in [0.2, 0.25) is 0 Å². The van der Waals surface area contributed by atoms with Gasteiger partial charge in [-0.15, -0.1) is 12.4 Å². The van der Waals surface area contributed by atoms with E-state index in [1.54, 1.807) is 36.4 Å². The normalized spacial score (nSPS) is 11.2. The van der Waals surface area contributed by atoms with Crippen LogP contribution in [0.3, 0.4) is 0 Å². The summed E-state index contributed by atoms with van der Waals surface area (Å²) in [7, 11) is 7.92. The van der Waals surface area contributed by atoms with Gasteiger partial charge in [0.1, 0.15) is 11.2 Å². The Balaban J connectivity index is 0.00000363. The third kappa shape index (κ3) is 6.69. The van der Waals surface area contributed by atoms with Crippen molar-refractivity contribution < 1.29 is 23.5 Å². The highest BCUT2D eigenvalue weighted by molar-refractivity contribution is 6.09. The van der Waals surface area contributed by atoms with Crippen LogP contribution in [-0.2, 0) is 9.47 Å². The molecule has 174 valence electrons. The Bertz CT molecular complexity index is 979. The van der Waals surface area contributed by atoms with Gasteiger partial charge in [0, 0.05) is 23.9 Å². The van der Waals surface area contributed by atoms with Crippen LogP contribution >= 0.6 is 12.4 Å². The van der Waals surface area contributed by atoms with E-state index >= 15 is 0 Å². The van der Waals surface area contributed by atoms with Gasteiger partial charge in [-0.05, 0) is 77.4 Å². The Labute approximate surface area is 194 Å². The third-order valence-electron chi connectivity index (χ3n) is 4.91. The molecule has 8 heteroatoms. The minimum atomic E-state index is -0.369. The van der Waals surface area contributed by atoms with Crippen molar-refractivity contribution in [2.75, 3.05) is 54.5 Å². The second-order valence-corrected chi connectivity index (χ2v) is 8.11. The molecule has 0 unspecified atom stereocenters. The van der Waals surface area contributed by atoms with Gasteiger partial charge in [-0.3, -0.25) is 0 Å². The number of rotatable bonds is 10. The highest BCUT2D eigenvalue weighted by Crippen LogP contribution is 2.30. The first kappa shape index (κ1) is 25.6. The number of furan rings is 1. The quantitative estimate of drug-likeness (QED) is 0.330. The van der Waals surface area contributed by atoms with E-state index in [1.165, 1.54) is 0 Å². The summed E-state index contributed by atoms with van der Waals surface area (Å²) in [6, 6.07) is 10.4. The maximum absolute atomic E-state index is 12.4. The Morgan fingerprint density at radius 3 is 1.53 bits per heavy atom. The summed E-state index contributed by atoms with van der Waals surface area (Å²) in [5, 5.41) is 1.53. The molecule has 2 aromatic carbocycles. The first-order chi connectivity index (χ1) is 14.8. The van der Waals surface area contributed by atoms with Crippen LogP contribution in [0, 0.1) is 0 Å². The molecule has 32 heavy (non-hydrogen) atoms. The summed E-state index contributed by atoms with van der Waals surface area (Å²) in [5.41, 5.74) is 2.21. The van der Waals surface area contributed by atoms with Gasteiger partial charge >= 0.3 is 11.9 Å². The van der Waals surface area contributed by atoms with Crippen molar-refractivity contribution in [3.63, 3.8) is 0 Å². The lowest BCUT2D eigenvalue weighted by atomic mass is 10.1. The molecular weight excluding hydrogens is 432 g/mol. The van der Waals surface area contributed by atoms with Crippen molar-refractivity contribution in [2.24, 2.45) is 0 Å². The Morgan fingerprint density at radius 2 is 1.16 bits per heavy atom. The SMILES string of the molecule is CN(C)CCCOC(=O)c1ccc2oc3ccc(C(=O)OCCCN(C)C)cc3c2c1.Cl. The minimum Gasteiger partial charge on any atom is -0.462 e. The first-order valence-electron chi connectivity index (χ1n) is 10.4. The summed E-state index contributed by atoms with van der Waals surface area (Å²) >= 11 is 0. The molecule has 1 heterocycles. The van der Waals surface area contributed by atoms with Crippen LogP contribution in [0.4, 0.5) is 0 Å². The van der Waals surface area contributed by atoms with Crippen LogP contribution in [0.5, 0.6) is 0 Å². The monoisotopic (exact) mass is 462 g/mol. The summed E-state index contributed by atoms with van der Waals surface area (Å²) in [5.74, 6) is -0.738. The van der Waals surface area contributed by atoms with Crippen molar-refractivity contribution in [1.29, 1.82) is 0 Å². The van der Waals surface area contributed by atoms with Crippen molar-refractivity contribution in [2.45, 2.75) is 12.8 Å². The maximum Gasteiger partial charge on any atom is 0.338 e. The molecule has 0 aliphatic carbocycles. The number of benzene rings is 2. The van der Waals surface area contributed by atoms with Gasteiger partial charge in [-0.1, -0.05) is 0 Å². The van der Waals surface area contributed by atoms with E-state index < -0.39 is 0 Å². The van der Waals surface area contributed by atoms with Gasteiger partial charge in [-0.2, -0.15) is 0 Å². The fraction of sp³-hybridized carbons (Fsp3) is 0.417. The van der Waals surface area contributed by atoms with Gasteiger partial charge in [0.2, 0.25) is 0 Å². The summed E-state index contributed by atoms with van der Waals surface area (Å²) < 4.78 is 16.6. The molecule has 0 radical (unpaired) electrons. The second kappa shape index (κ2) is 11.9. The molecule has 0 saturated heterocycles. The number of carbonyl (C=O) groups is 2. The van der Waals surface area contributed by atoms with Crippen molar-refractivity contribution >= 4 is 46.3 Å². The molecule has 0 aliphatic heterocycles. The number of hydrogen-bond acceptors (Lipinski definition) is 7. The maximum atomic E-state index is 12.4. The average molecular weight is 463 g/mol. The van der Waals surface area contributed by atoms with E-state index in [2.05, 4.69) is 0 Å². The highest BCUT2D eigenvalue weighted by atomic mass is 35.5. The lowest BCUT2D eigenvalue weighted by Crippen LogP contribution is -2.16. The number of carbonyl (C=O) groups excluding carboxylic acids is 2. The molecule has 0 atom stereocenters. The zero-order valence-electron chi connectivity index (χ0n) is 19.1. The standard InChI is InChI=1S/C24H30N2O5.ClH/c1-25(2)11-5-13-29-23(27)17-7-9-21-19(15-17)20-16-18(8-10-22(20)31-21)24(28)30-14-6-12-26(3)4;/h7-10,15-16H,5-6,11-14H2,1-4H3;1H. The van der Waals surface area contributed by atoms with E-state index in [-0.39, 0.29) is 24.3 Å². The third-order valence-corrected chi connectivity index (χ3v) is 4.91. The molecule has 0 saturated carbocycles. The van der Waals surface area contributed by atoms with Crippen LogP contribution in [0.15, 0.2) is 40.8 Å². The average Bonchev–Trinajstić information content (AvgIpc) is 3.10. The van der Waals surface area contributed by atoms with E-state index in [0.29, 0.717) is 35.5 Å². The summed E-state index contributed by atoms with van der Waals surface area (Å²) in [4.78, 5) is 28.9. The van der Waals surface area contributed by atoms with Crippen LogP contribution in [0.1, 0.15) is 33.6 Å². The molecule has 1 aromatic heterocycles. The van der Waals surface area contributed by atoms with E-state index in [4.69, 9.17) is 13.9 Å². The largest absolute Gasteiger partial charge is 0.462 e. The highest BCUT2D eigenvalue weighted by Gasteiger charge is 2.15. The van der Waals surface area contributed by atoms with Crippen molar-refractivity contribution in [1.82, 2.24) is 9.80 Å². The fourth-order valence-corrected chi connectivity index (χ4v) is 3.29. The topological polar surface area (TPSA) is 72.2 Å². The molecule has 0 aliphatic rings. The van der Waals surface area contributed by atoms with Crippen molar-refractivity contribution in [3.05, 3.63) is 47.5 Å². The molecule has 3 rings (SSSR count). The number of halogens is 1. The molecule has 3 aromatic rings. The fourth-order valence-electron chi connectivity index (χ4n) is 3.29. The van der Waals surface area contributed by atoms with Crippen LogP contribution < -0.4 is 0 Å². The van der Waals surface area contributed by atoms with Crippen molar-refractivity contribution in [3.8, 4) is 0 Å². The zero-order valence-corrected chi connectivity index (χ0v) is 19.9. The number of nitrogens with zero attached hydrogens (tertiary/aromatic N) is 2.